The Labute approximate surface area is 86.1 Å². The zero-order chi connectivity index (χ0) is 10.9. The third-order valence-electron chi connectivity index (χ3n) is 1.83. The molecule has 0 aromatic heterocycles. The maximum absolute atomic E-state index is 10.7. The molecule has 0 aliphatic carbocycles. The van der Waals surface area contributed by atoms with Crippen molar-refractivity contribution in [3.05, 3.63) is 29.8 Å². The minimum atomic E-state index is -4.14. The van der Waals surface area contributed by atoms with Gasteiger partial charge in [0.05, 0.1) is 11.1 Å². The van der Waals surface area contributed by atoms with Crippen LogP contribution in [0.5, 0.6) is 0 Å². The first kappa shape index (κ1) is 9.81. The lowest BCUT2D eigenvalue weighted by atomic mass is 10.1. The van der Waals surface area contributed by atoms with E-state index in [0.29, 0.717) is 11.3 Å². The number of hydrogen-bond acceptors (Lipinski definition) is 4. The molecule has 1 N–H and O–H groups in total. The lowest BCUT2D eigenvalue weighted by molar-refractivity contribution is 0.483. The van der Waals surface area contributed by atoms with Crippen molar-refractivity contribution in [1.29, 1.82) is 0 Å². The molecule has 15 heavy (non-hydrogen) atoms. The van der Waals surface area contributed by atoms with E-state index in [1.54, 1.807) is 0 Å². The molecule has 0 bridgehead atoms. The van der Waals surface area contributed by atoms with Crippen molar-refractivity contribution in [3.8, 4) is 0 Å². The van der Waals surface area contributed by atoms with Crippen LogP contribution in [0.2, 0.25) is 0 Å². The number of rotatable bonds is 2. The highest BCUT2D eigenvalue weighted by Crippen LogP contribution is 2.11. The number of nitrogens with zero attached hydrogens (tertiary/aromatic N) is 3. The first-order valence-corrected chi connectivity index (χ1v) is 5.40. The normalized spacial score (nSPS) is 14.9. The summed E-state index contributed by atoms with van der Waals surface area (Å²) in [5.41, 5.74) is 4.64. The molecule has 0 fully saturated rings. The fraction of sp³-hybridized carbons (Fsp3) is 0. The van der Waals surface area contributed by atoms with E-state index in [4.69, 9.17) is 4.55 Å². The highest BCUT2D eigenvalue weighted by molar-refractivity contribution is 7.85. The van der Waals surface area contributed by atoms with E-state index in [0.717, 1.165) is 0 Å². The molecule has 0 unspecified atom stereocenters. The van der Waals surface area contributed by atoms with Crippen LogP contribution in [0.15, 0.2) is 39.4 Å². The lowest BCUT2D eigenvalue weighted by Gasteiger charge is -1.98. The maximum Gasteiger partial charge on any atom is 0.294 e. The molecule has 2 rings (SSSR count). The summed E-state index contributed by atoms with van der Waals surface area (Å²) >= 11 is 0. The summed E-state index contributed by atoms with van der Waals surface area (Å²) in [6.45, 7) is 0. The molecule has 1 aliphatic rings. The second-order valence-corrected chi connectivity index (χ2v) is 4.24. The zero-order valence-electron chi connectivity index (χ0n) is 7.40. The summed E-state index contributed by atoms with van der Waals surface area (Å²) < 4.78 is 30.2. The highest BCUT2D eigenvalue weighted by Gasteiger charge is 2.11. The molecule has 7 heteroatoms. The Balaban J connectivity index is 2.36. The molecule has 0 saturated carbocycles. The molecule has 1 aromatic rings. The van der Waals surface area contributed by atoms with Gasteiger partial charge in [-0.3, -0.25) is 4.55 Å². The zero-order valence-corrected chi connectivity index (χ0v) is 8.22. The highest BCUT2D eigenvalue weighted by atomic mass is 32.2. The third-order valence-corrected chi connectivity index (χ3v) is 2.70. The largest absolute Gasteiger partial charge is 0.294 e. The minimum Gasteiger partial charge on any atom is -0.282 e. The van der Waals surface area contributed by atoms with E-state index in [-0.39, 0.29) is 4.90 Å². The molecule has 6 nitrogen and oxygen atoms in total. The van der Waals surface area contributed by atoms with Gasteiger partial charge >= 0.3 is 0 Å². The second-order valence-electron chi connectivity index (χ2n) is 2.82. The van der Waals surface area contributed by atoms with Gasteiger partial charge in [-0.2, -0.15) is 8.42 Å². The van der Waals surface area contributed by atoms with Crippen molar-refractivity contribution >= 4 is 22.0 Å². The van der Waals surface area contributed by atoms with Crippen molar-refractivity contribution in [1.82, 2.24) is 5.53 Å². The Morgan fingerprint density at radius 3 is 2.27 bits per heavy atom. The van der Waals surface area contributed by atoms with Crippen molar-refractivity contribution < 1.29 is 13.0 Å². The van der Waals surface area contributed by atoms with Crippen LogP contribution in [-0.4, -0.2) is 24.9 Å². The van der Waals surface area contributed by atoms with Gasteiger partial charge in [-0.1, -0.05) is 12.1 Å². The Kier molecular flexibility index (Phi) is 2.25. The first-order valence-electron chi connectivity index (χ1n) is 3.96. The van der Waals surface area contributed by atoms with Crippen LogP contribution < -0.4 is 5.53 Å². The standard InChI is InChI=1S/C8H6N3O3S/c12-15(13,14)7-3-1-6(2-4-7)8-5-9-11-10-8/h1-5H,(H,12,13,14). The van der Waals surface area contributed by atoms with Gasteiger partial charge in [0.1, 0.15) is 5.71 Å². The topological polar surface area (TPSA) is 93.2 Å². The second kappa shape index (κ2) is 3.44. The van der Waals surface area contributed by atoms with E-state index in [1.165, 1.54) is 30.5 Å². The van der Waals surface area contributed by atoms with Gasteiger partial charge in [-0.15, -0.1) is 10.2 Å². The van der Waals surface area contributed by atoms with Crippen molar-refractivity contribution in [2.45, 2.75) is 4.90 Å². The van der Waals surface area contributed by atoms with Gasteiger partial charge in [-0.25, -0.2) is 0 Å². The van der Waals surface area contributed by atoms with Crippen molar-refractivity contribution in [2.75, 3.05) is 0 Å². The predicted molar refractivity (Wildman–Crippen MR) is 53.4 cm³/mol. The van der Waals surface area contributed by atoms with Crippen LogP contribution >= 0.6 is 0 Å². The summed E-state index contributed by atoms with van der Waals surface area (Å²) in [5, 5.41) is 7.25. The van der Waals surface area contributed by atoms with Gasteiger partial charge in [-0.05, 0) is 17.7 Å². The average Bonchev–Trinajstić information content (AvgIpc) is 2.69. The molecule has 1 aliphatic heterocycles. The third kappa shape index (κ3) is 2.03. The smallest absolute Gasteiger partial charge is 0.282 e. The van der Waals surface area contributed by atoms with Crippen LogP contribution in [0.4, 0.5) is 0 Å². The Hall–Kier alpha value is -1.73. The van der Waals surface area contributed by atoms with Crippen LogP contribution in [-0.2, 0) is 10.1 Å². The fourth-order valence-corrected chi connectivity index (χ4v) is 1.59. The van der Waals surface area contributed by atoms with Gasteiger partial charge in [0.25, 0.3) is 10.1 Å². The molecule has 0 amide bonds. The Morgan fingerprint density at radius 2 is 1.80 bits per heavy atom. The summed E-state index contributed by atoms with van der Waals surface area (Å²) in [5.74, 6) is 0. The van der Waals surface area contributed by atoms with Crippen LogP contribution in [0.25, 0.3) is 0 Å². The van der Waals surface area contributed by atoms with Crippen molar-refractivity contribution in [2.24, 2.45) is 10.2 Å². The fourth-order valence-electron chi connectivity index (χ4n) is 1.11. The molecule has 77 valence electrons. The lowest BCUT2D eigenvalue weighted by Crippen LogP contribution is -2.02. The molecule has 0 spiro atoms. The molecular formula is C8H6N3O3S. The maximum atomic E-state index is 10.7. The van der Waals surface area contributed by atoms with Crippen molar-refractivity contribution in [3.63, 3.8) is 0 Å². The summed E-state index contributed by atoms with van der Waals surface area (Å²) in [6.07, 6.45) is 1.46. The van der Waals surface area contributed by atoms with E-state index in [9.17, 15) is 8.42 Å². The molecule has 1 radical (unpaired) electrons. The van der Waals surface area contributed by atoms with Gasteiger partial charge in [0, 0.05) is 5.56 Å². The van der Waals surface area contributed by atoms with Gasteiger partial charge in [0.2, 0.25) is 0 Å². The summed E-state index contributed by atoms with van der Waals surface area (Å²) in [4.78, 5) is -0.154. The SMILES string of the molecule is O=S(=O)(O)c1ccc(C2=N[N]N=C2)cc1. The quantitative estimate of drug-likeness (QED) is 0.729. The monoisotopic (exact) mass is 224 g/mol. The molecule has 1 aromatic carbocycles. The van der Waals surface area contributed by atoms with E-state index < -0.39 is 10.1 Å². The van der Waals surface area contributed by atoms with Gasteiger partial charge in [0.15, 0.2) is 0 Å². The van der Waals surface area contributed by atoms with E-state index in [1.807, 2.05) is 0 Å². The summed E-state index contributed by atoms with van der Waals surface area (Å²) in [7, 11) is -4.14. The first-order chi connectivity index (χ1) is 7.07. The van der Waals surface area contributed by atoms with Crippen LogP contribution in [0.1, 0.15) is 5.56 Å². The Morgan fingerprint density at radius 1 is 1.13 bits per heavy atom. The minimum absolute atomic E-state index is 0.154. The average molecular weight is 224 g/mol. The molecule has 0 atom stereocenters. The molecule has 1 heterocycles. The summed E-state index contributed by atoms with van der Waals surface area (Å²) in [6, 6.07) is 5.63. The van der Waals surface area contributed by atoms with Crippen LogP contribution in [0.3, 0.4) is 0 Å². The Bertz CT molecular complexity index is 531. The van der Waals surface area contributed by atoms with E-state index in [2.05, 4.69) is 15.7 Å². The molecular weight excluding hydrogens is 218 g/mol. The molecule has 0 saturated heterocycles. The number of hydrogen-bond donors (Lipinski definition) is 1. The number of benzene rings is 1. The predicted octanol–water partition coefficient (Wildman–Crippen LogP) is 0.241. The van der Waals surface area contributed by atoms with Crippen LogP contribution in [0, 0.1) is 0 Å². The van der Waals surface area contributed by atoms with E-state index >= 15 is 0 Å². The van der Waals surface area contributed by atoms with Gasteiger partial charge < -0.3 is 0 Å².